The van der Waals surface area contributed by atoms with Crippen LogP contribution in [0.2, 0.25) is 0 Å². The highest BCUT2D eigenvalue weighted by Crippen LogP contribution is 2.23. The number of hydrazone groups is 1. The molecule has 0 radical (unpaired) electrons. The van der Waals surface area contributed by atoms with E-state index in [1.807, 2.05) is 38.1 Å². The van der Waals surface area contributed by atoms with Gasteiger partial charge in [0.05, 0.1) is 31.7 Å². The molecule has 3 rings (SSSR count). The number of hydrogen-bond donors (Lipinski definition) is 3. The summed E-state index contributed by atoms with van der Waals surface area (Å²) in [4.78, 5) is 23.1. The molecule has 2 aromatic rings. The molecule has 9 heteroatoms. The summed E-state index contributed by atoms with van der Waals surface area (Å²) >= 11 is 0. The van der Waals surface area contributed by atoms with Crippen molar-refractivity contribution in [2.45, 2.75) is 33.4 Å². The molecule has 0 bridgehead atoms. The fourth-order valence-corrected chi connectivity index (χ4v) is 3.09. The second-order valence-corrected chi connectivity index (χ2v) is 7.22. The van der Waals surface area contributed by atoms with Crippen molar-refractivity contribution in [1.82, 2.24) is 15.3 Å². The number of rotatable bonds is 7. The summed E-state index contributed by atoms with van der Waals surface area (Å²) in [7, 11) is 0. The molecule has 160 valence electrons. The average Bonchev–Trinajstić information content (AvgIpc) is 2.74. The number of aromatic nitrogens is 2. The first-order valence-corrected chi connectivity index (χ1v) is 9.96. The molecule has 1 amide bonds. The Labute approximate surface area is 176 Å². The average molecular weight is 412 g/mol. The lowest BCUT2D eigenvalue weighted by atomic mass is 10.2. The number of ether oxygens (including phenoxy) is 1. The van der Waals surface area contributed by atoms with Crippen LogP contribution in [0.5, 0.6) is 0 Å². The molecule has 9 nitrogen and oxygen atoms in total. The molecule has 1 fully saturated rings. The molecule has 1 saturated heterocycles. The van der Waals surface area contributed by atoms with Crippen molar-refractivity contribution < 1.29 is 14.6 Å². The van der Waals surface area contributed by atoms with Gasteiger partial charge in [-0.2, -0.15) is 10.1 Å². The Hall–Kier alpha value is -3.04. The number of carbonyl (C=O) groups is 1. The summed E-state index contributed by atoms with van der Waals surface area (Å²) in [5.41, 5.74) is 6.54. The van der Waals surface area contributed by atoms with Crippen LogP contribution in [0, 0.1) is 13.8 Å². The van der Waals surface area contributed by atoms with Crippen LogP contribution in [0.15, 0.2) is 29.4 Å². The van der Waals surface area contributed by atoms with Crippen LogP contribution >= 0.6 is 0 Å². The lowest BCUT2D eigenvalue weighted by Crippen LogP contribution is -2.38. The van der Waals surface area contributed by atoms with E-state index in [4.69, 9.17) is 4.74 Å². The van der Waals surface area contributed by atoms with Gasteiger partial charge in [-0.05, 0) is 26.3 Å². The minimum Gasteiger partial charge on any atom is -0.384 e. The first-order valence-electron chi connectivity index (χ1n) is 9.96. The van der Waals surface area contributed by atoms with Gasteiger partial charge in [-0.25, -0.2) is 10.4 Å². The standard InChI is InChI=1S/C21H28N6O3/c1-14-5-4-6-17(11-14)12-23-26-21-24-18(13-22-20(29)16(3)28)15(2)19(25-21)27-7-9-30-10-8-27/h4-6,11-12,16,28H,7-10,13H2,1-3H3,(H,22,29)(H,24,25,26)/b23-12+. The number of aryl methyl sites for hydroxylation is 1. The lowest BCUT2D eigenvalue weighted by molar-refractivity contribution is -0.128. The second-order valence-electron chi connectivity index (χ2n) is 7.22. The number of aliphatic hydroxyl groups is 1. The third-order valence-corrected chi connectivity index (χ3v) is 4.76. The number of nitrogens with one attached hydrogen (secondary N) is 2. The van der Waals surface area contributed by atoms with Crippen LogP contribution in [0.3, 0.4) is 0 Å². The van der Waals surface area contributed by atoms with Crippen LogP contribution < -0.4 is 15.6 Å². The number of amides is 1. The summed E-state index contributed by atoms with van der Waals surface area (Å²) < 4.78 is 5.44. The monoisotopic (exact) mass is 412 g/mol. The van der Waals surface area contributed by atoms with Gasteiger partial charge >= 0.3 is 0 Å². The molecule has 1 aliphatic heterocycles. The lowest BCUT2D eigenvalue weighted by Gasteiger charge is -2.29. The second kappa shape index (κ2) is 10.1. The van der Waals surface area contributed by atoms with Crippen LogP contribution in [0.1, 0.15) is 29.3 Å². The zero-order chi connectivity index (χ0) is 21.5. The molecule has 0 spiro atoms. The highest BCUT2D eigenvalue weighted by molar-refractivity contribution is 5.80. The predicted molar refractivity (Wildman–Crippen MR) is 116 cm³/mol. The van der Waals surface area contributed by atoms with Crippen LogP contribution in [-0.2, 0) is 16.1 Å². The van der Waals surface area contributed by atoms with Crippen molar-refractivity contribution >= 4 is 23.9 Å². The first kappa shape index (κ1) is 21.7. The number of benzene rings is 1. The molecule has 30 heavy (non-hydrogen) atoms. The Kier molecular flexibility index (Phi) is 7.31. The van der Waals surface area contributed by atoms with Crippen molar-refractivity contribution in [3.8, 4) is 0 Å². The van der Waals surface area contributed by atoms with Gasteiger partial charge in [0.2, 0.25) is 11.9 Å². The van der Waals surface area contributed by atoms with Gasteiger partial charge in [-0.3, -0.25) is 4.79 Å². The van der Waals surface area contributed by atoms with Gasteiger partial charge in [0.1, 0.15) is 11.9 Å². The Morgan fingerprint density at radius 3 is 2.80 bits per heavy atom. The number of aliphatic hydroxyl groups excluding tert-OH is 1. The predicted octanol–water partition coefficient (Wildman–Crippen LogP) is 1.37. The molecule has 1 aliphatic rings. The fourth-order valence-electron chi connectivity index (χ4n) is 3.09. The van der Waals surface area contributed by atoms with Crippen molar-refractivity contribution in [2.24, 2.45) is 5.10 Å². The Morgan fingerprint density at radius 1 is 1.33 bits per heavy atom. The van der Waals surface area contributed by atoms with Crippen molar-refractivity contribution in [3.05, 3.63) is 46.6 Å². The molecular formula is C21H28N6O3. The highest BCUT2D eigenvalue weighted by atomic mass is 16.5. The minimum absolute atomic E-state index is 0.186. The Balaban J connectivity index is 1.83. The third kappa shape index (κ3) is 5.74. The van der Waals surface area contributed by atoms with Gasteiger partial charge in [0, 0.05) is 18.7 Å². The van der Waals surface area contributed by atoms with E-state index in [9.17, 15) is 9.90 Å². The third-order valence-electron chi connectivity index (χ3n) is 4.76. The summed E-state index contributed by atoms with van der Waals surface area (Å²) in [6.45, 7) is 8.27. The molecule has 0 saturated carbocycles. The van der Waals surface area contributed by atoms with Crippen molar-refractivity contribution in [3.63, 3.8) is 0 Å². The molecular weight excluding hydrogens is 384 g/mol. The van der Waals surface area contributed by atoms with E-state index in [1.165, 1.54) is 6.92 Å². The highest BCUT2D eigenvalue weighted by Gasteiger charge is 2.19. The minimum atomic E-state index is -1.08. The number of hydrogen-bond acceptors (Lipinski definition) is 8. The number of carbonyl (C=O) groups excluding carboxylic acids is 1. The zero-order valence-electron chi connectivity index (χ0n) is 17.6. The SMILES string of the molecule is Cc1cccc(/C=N/Nc2nc(CNC(=O)C(C)O)c(C)c(N3CCOCC3)n2)c1. The molecule has 0 aliphatic carbocycles. The van der Waals surface area contributed by atoms with Crippen LogP contribution in [-0.4, -0.2) is 59.6 Å². The molecule has 1 atom stereocenters. The van der Waals surface area contributed by atoms with E-state index < -0.39 is 12.0 Å². The molecule has 1 unspecified atom stereocenters. The van der Waals surface area contributed by atoms with Crippen molar-refractivity contribution in [1.29, 1.82) is 0 Å². The van der Waals surface area contributed by atoms with Crippen LogP contribution in [0.4, 0.5) is 11.8 Å². The Bertz CT molecular complexity index is 910. The van der Waals surface area contributed by atoms with E-state index >= 15 is 0 Å². The van der Waals surface area contributed by atoms with Gasteiger partial charge in [0.15, 0.2) is 0 Å². The van der Waals surface area contributed by atoms with Crippen LogP contribution in [0.25, 0.3) is 0 Å². The first-order chi connectivity index (χ1) is 14.4. The molecule has 1 aromatic carbocycles. The van der Waals surface area contributed by atoms with E-state index in [1.54, 1.807) is 6.21 Å². The topological polar surface area (TPSA) is 112 Å². The Morgan fingerprint density at radius 2 is 2.10 bits per heavy atom. The smallest absolute Gasteiger partial charge is 0.248 e. The van der Waals surface area contributed by atoms with Crippen molar-refractivity contribution in [2.75, 3.05) is 36.6 Å². The van der Waals surface area contributed by atoms with E-state index in [2.05, 4.69) is 30.7 Å². The maximum absolute atomic E-state index is 11.8. The zero-order valence-corrected chi connectivity index (χ0v) is 17.6. The van der Waals surface area contributed by atoms with Gasteiger partial charge in [-0.1, -0.05) is 29.8 Å². The van der Waals surface area contributed by atoms with E-state index in [0.29, 0.717) is 24.9 Å². The maximum atomic E-state index is 11.8. The fraction of sp³-hybridized carbons (Fsp3) is 0.429. The van der Waals surface area contributed by atoms with E-state index in [0.717, 1.165) is 35.6 Å². The largest absolute Gasteiger partial charge is 0.384 e. The summed E-state index contributed by atoms with van der Waals surface area (Å²) in [6, 6.07) is 7.98. The number of anilines is 2. The normalized spacial score (nSPS) is 15.3. The van der Waals surface area contributed by atoms with Gasteiger partial charge in [-0.15, -0.1) is 0 Å². The molecule has 1 aromatic heterocycles. The van der Waals surface area contributed by atoms with Gasteiger partial charge in [0.25, 0.3) is 0 Å². The van der Waals surface area contributed by atoms with E-state index in [-0.39, 0.29) is 6.54 Å². The summed E-state index contributed by atoms with van der Waals surface area (Å²) in [6.07, 6.45) is 0.627. The summed E-state index contributed by atoms with van der Waals surface area (Å²) in [5, 5.41) is 16.4. The summed E-state index contributed by atoms with van der Waals surface area (Å²) in [5.74, 6) is 0.669. The number of nitrogens with zero attached hydrogens (tertiary/aromatic N) is 4. The molecule has 2 heterocycles. The molecule has 3 N–H and O–H groups in total. The van der Waals surface area contributed by atoms with Gasteiger partial charge < -0.3 is 20.1 Å². The quantitative estimate of drug-likeness (QED) is 0.465. The maximum Gasteiger partial charge on any atom is 0.248 e. The number of morpholine rings is 1.